The van der Waals surface area contributed by atoms with Crippen molar-refractivity contribution in [3.63, 3.8) is 0 Å². The number of allylic oxidation sites excluding steroid dienone is 1. The molecule has 11 heteroatoms. The summed E-state index contributed by atoms with van der Waals surface area (Å²) in [5.74, 6) is 0.563. The number of carbonyl (C=O) groups excluding carboxylic acids is 1. The molecule has 11 nitrogen and oxygen atoms in total. The third-order valence-electron chi connectivity index (χ3n) is 8.93. The second kappa shape index (κ2) is 9.25. The fourth-order valence-corrected chi connectivity index (χ4v) is 7.00. The summed E-state index contributed by atoms with van der Waals surface area (Å²) >= 11 is 0. The minimum atomic E-state index is -0.661. The molecule has 3 aliphatic rings. The molecular formula is C31H34N8O3. The van der Waals surface area contributed by atoms with E-state index in [0.29, 0.717) is 41.4 Å². The van der Waals surface area contributed by atoms with E-state index in [1.54, 1.807) is 36.6 Å². The molecule has 216 valence electrons. The standard InChI is InChI=1S/C31H34N8O3/c1-30(2)14-19-15-31(3)29(42)38(11-12-39(31)24(19)16-30)27-22(18-40)21(5-7-33-27)23-17-36(4)28(41)26(35-23)34-20-6-9-37-10-8-32-25(37)13-20/h5-10,13,17,40H,11-12,14-16,18H2,1-4H3,(H,34,35). The zero-order valence-corrected chi connectivity index (χ0v) is 24.3. The Morgan fingerprint density at radius 3 is 2.67 bits per heavy atom. The van der Waals surface area contributed by atoms with Crippen LogP contribution in [0.1, 0.15) is 45.6 Å². The van der Waals surface area contributed by atoms with Gasteiger partial charge >= 0.3 is 0 Å². The first kappa shape index (κ1) is 26.4. The number of fused-ring (bicyclic) bond motifs is 3. The predicted molar refractivity (Wildman–Crippen MR) is 159 cm³/mol. The van der Waals surface area contributed by atoms with E-state index in [2.05, 4.69) is 39.0 Å². The summed E-state index contributed by atoms with van der Waals surface area (Å²) < 4.78 is 3.33. The first-order valence-corrected chi connectivity index (χ1v) is 14.2. The molecule has 4 aromatic rings. The van der Waals surface area contributed by atoms with Gasteiger partial charge in [-0.3, -0.25) is 14.5 Å². The molecule has 1 unspecified atom stereocenters. The number of nitrogens with one attached hydrogen (secondary N) is 1. The highest BCUT2D eigenvalue weighted by Gasteiger charge is 2.54. The summed E-state index contributed by atoms with van der Waals surface area (Å²) in [7, 11) is 1.66. The fraction of sp³-hybridized carbons (Fsp3) is 0.387. The third-order valence-corrected chi connectivity index (χ3v) is 8.93. The van der Waals surface area contributed by atoms with Crippen molar-refractivity contribution in [1.82, 2.24) is 28.8 Å². The van der Waals surface area contributed by atoms with E-state index in [-0.39, 0.29) is 29.3 Å². The van der Waals surface area contributed by atoms with Gasteiger partial charge in [-0.15, -0.1) is 0 Å². The number of aromatic nitrogens is 5. The lowest BCUT2D eigenvalue weighted by atomic mass is 9.83. The number of amides is 1. The van der Waals surface area contributed by atoms with Crippen LogP contribution in [0, 0.1) is 5.41 Å². The van der Waals surface area contributed by atoms with Crippen LogP contribution in [0.25, 0.3) is 16.9 Å². The Hall–Kier alpha value is -4.51. The van der Waals surface area contributed by atoms with Crippen LogP contribution in [-0.4, -0.2) is 58.5 Å². The Labute approximate surface area is 243 Å². The zero-order valence-electron chi connectivity index (χ0n) is 24.3. The molecule has 0 bridgehead atoms. The topological polar surface area (TPSA) is 121 Å². The Kier molecular flexibility index (Phi) is 5.81. The lowest BCUT2D eigenvalue weighted by Gasteiger charge is -2.47. The molecule has 2 aliphatic heterocycles. The van der Waals surface area contributed by atoms with E-state index in [9.17, 15) is 14.7 Å². The molecule has 0 aromatic carbocycles. The van der Waals surface area contributed by atoms with Crippen LogP contribution in [0.5, 0.6) is 0 Å². The summed E-state index contributed by atoms with van der Waals surface area (Å²) in [5.41, 5.74) is 4.99. The van der Waals surface area contributed by atoms with E-state index < -0.39 is 5.54 Å². The fourth-order valence-electron chi connectivity index (χ4n) is 7.00. The Bertz CT molecular complexity index is 1850. The van der Waals surface area contributed by atoms with Crippen LogP contribution >= 0.6 is 0 Å². The number of imidazole rings is 1. The minimum absolute atomic E-state index is 0.00883. The van der Waals surface area contributed by atoms with E-state index in [4.69, 9.17) is 0 Å². The molecule has 1 fully saturated rings. The summed E-state index contributed by atoms with van der Waals surface area (Å²) in [4.78, 5) is 44.8. The molecule has 7 rings (SSSR count). The SMILES string of the molecule is Cn1cc(-c2ccnc(N3CCN4C5=C(CC(C)(C)C5)CC4(C)C3=O)c2CO)nc(Nc2ccn3ccnc3c2)c1=O. The first-order valence-electron chi connectivity index (χ1n) is 14.2. The van der Waals surface area contributed by atoms with Gasteiger partial charge in [0.15, 0.2) is 5.82 Å². The van der Waals surface area contributed by atoms with Gasteiger partial charge < -0.3 is 24.3 Å². The number of aliphatic hydroxyl groups excluding tert-OH is 1. The molecule has 1 aliphatic carbocycles. The second-order valence-corrected chi connectivity index (χ2v) is 12.6. The number of aryl methyl sites for hydroxylation is 1. The van der Waals surface area contributed by atoms with Crippen molar-refractivity contribution in [2.24, 2.45) is 12.5 Å². The number of aliphatic hydroxyl groups is 1. The predicted octanol–water partition coefficient (Wildman–Crippen LogP) is 3.61. The molecule has 2 N–H and O–H groups in total. The van der Waals surface area contributed by atoms with E-state index in [0.717, 1.165) is 24.9 Å². The van der Waals surface area contributed by atoms with Gasteiger partial charge in [-0.1, -0.05) is 13.8 Å². The molecule has 0 saturated carbocycles. The van der Waals surface area contributed by atoms with Gasteiger partial charge in [0.25, 0.3) is 11.5 Å². The van der Waals surface area contributed by atoms with Crippen LogP contribution in [0.2, 0.25) is 0 Å². The van der Waals surface area contributed by atoms with Crippen molar-refractivity contribution >= 4 is 28.9 Å². The third kappa shape index (κ3) is 4.02. The normalized spacial score (nSPS) is 21.3. The maximum Gasteiger partial charge on any atom is 0.293 e. The lowest BCUT2D eigenvalue weighted by Crippen LogP contribution is -2.62. The Morgan fingerprint density at radius 1 is 1.02 bits per heavy atom. The molecule has 4 aromatic heterocycles. The highest BCUT2D eigenvalue weighted by atomic mass is 16.3. The van der Waals surface area contributed by atoms with Gasteiger partial charge in [0.05, 0.1) is 12.3 Å². The van der Waals surface area contributed by atoms with Gasteiger partial charge in [0.1, 0.15) is 17.0 Å². The highest BCUT2D eigenvalue weighted by Crippen LogP contribution is 2.53. The van der Waals surface area contributed by atoms with E-state index >= 15 is 0 Å². The first-order chi connectivity index (χ1) is 20.1. The second-order valence-electron chi connectivity index (χ2n) is 12.6. The number of hydrogen-bond donors (Lipinski definition) is 2. The number of hydrogen-bond acceptors (Lipinski definition) is 8. The van der Waals surface area contributed by atoms with Crippen molar-refractivity contribution in [2.75, 3.05) is 23.3 Å². The quantitative estimate of drug-likeness (QED) is 0.376. The van der Waals surface area contributed by atoms with Crippen LogP contribution in [0.3, 0.4) is 0 Å². The summed E-state index contributed by atoms with van der Waals surface area (Å²) in [6.45, 7) is 7.45. The number of piperazine rings is 1. The maximum absolute atomic E-state index is 14.1. The van der Waals surface area contributed by atoms with E-state index in [1.807, 2.05) is 35.9 Å². The molecule has 1 atom stereocenters. The summed E-state index contributed by atoms with van der Waals surface area (Å²) in [6, 6.07) is 5.43. The van der Waals surface area contributed by atoms with Crippen LogP contribution < -0.4 is 15.8 Å². The molecule has 0 radical (unpaired) electrons. The lowest BCUT2D eigenvalue weighted by molar-refractivity contribution is -0.130. The number of carbonyl (C=O) groups is 1. The van der Waals surface area contributed by atoms with Gasteiger partial charge in [-0.25, -0.2) is 15.0 Å². The summed E-state index contributed by atoms with van der Waals surface area (Å²) in [5, 5.41) is 13.7. The minimum Gasteiger partial charge on any atom is -0.392 e. The van der Waals surface area contributed by atoms with Crippen LogP contribution in [-0.2, 0) is 18.4 Å². The van der Waals surface area contributed by atoms with Crippen LogP contribution in [0.4, 0.5) is 17.3 Å². The van der Waals surface area contributed by atoms with Gasteiger partial charge in [-0.2, -0.15) is 0 Å². The van der Waals surface area contributed by atoms with Gasteiger partial charge in [0, 0.05) is 86.1 Å². The zero-order chi connectivity index (χ0) is 29.4. The van der Waals surface area contributed by atoms with Crippen molar-refractivity contribution in [2.45, 2.75) is 52.2 Å². The number of rotatable bonds is 5. The van der Waals surface area contributed by atoms with Crippen molar-refractivity contribution in [3.8, 4) is 11.3 Å². The smallest absolute Gasteiger partial charge is 0.293 e. The highest BCUT2D eigenvalue weighted by molar-refractivity contribution is 6.02. The Morgan fingerprint density at radius 2 is 1.86 bits per heavy atom. The number of pyridine rings is 2. The Balaban J connectivity index is 1.23. The summed E-state index contributed by atoms with van der Waals surface area (Å²) in [6.07, 6.45) is 11.4. The number of anilines is 3. The van der Waals surface area contributed by atoms with Crippen LogP contribution in [0.15, 0.2) is 65.2 Å². The van der Waals surface area contributed by atoms with Crippen molar-refractivity contribution in [1.29, 1.82) is 0 Å². The monoisotopic (exact) mass is 566 g/mol. The largest absolute Gasteiger partial charge is 0.392 e. The van der Waals surface area contributed by atoms with Gasteiger partial charge in [0.2, 0.25) is 0 Å². The van der Waals surface area contributed by atoms with E-state index in [1.165, 1.54) is 15.8 Å². The molecule has 42 heavy (non-hydrogen) atoms. The molecule has 0 spiro atoms. The van der Waals surface area contributed by atoms with Gasteiger partial charge in [-0.05, 0) is 42.9 Å². The average Bonchev–Trinajstić information content (AvgIpc) is 3.61. The average molecular weight is 567 g/mol. The molecular weight excluding hydrogens is 532 g/mol. The molecule has 1 saturated heterocycles. The van der Waals surface area contributed by atoms with Crippen molar-refractivity contribution in [3.05, 3.63) is 76.4 Å². The molecule has 6 heterocycles. The molecule has 1 amide bonds. The van der Waals surface area contributed by atoms with Crippen molar-refractivity contribution < 1.29 is 9.90 Å². The number of nitrogens with zero attached hydrogens (tertiary/aromatic N) is 7. The maximum atomic E-state index is 14.1.